The minimum absolute atomic E-state index is 0.0209. The predicted octanol–water partition coefficient (Wildman–Crippen LogP) is 2.28. The van der Waals surface area contributed by atoms with Crippen molar-refractivity contribution in [2.45, 2.75) is 12.5 Å². The lowest BCUT2D eigenvalue weighted by Gasteiger charge is -2.44. The van der Waals surface area contributed by atoms with Gasteiger partial charge in [-0.1, -0.05) is 24.3 Å². The second kappa shape index (κ2) is 6.24. The molecule has 128 valence electrons. The highest BCUT2D eigenvalue weighted by Crippen LogP contribution is 2.33. The highest BCUT2D eigenvalue weighted by Gasteiger charge is 2.38. The molecule has 2 heterocycles. The Morgan fingerprint density at radius 2 is 1.88 bits per heavy atom. The molecule has 0 aromatic heterocycles. The van der Waals surface area contributed by atoms with Gasteiger partial charge in [-0.05, 0) is 41.8 Å². The first-order valence-corrected chi connectivity index (χ1v) is 8.48. The second-order valence-corrected chi connectivity index (χ2v) is 6.47. The van der Waals surface area contributed by atoms with E-state index in [9.17, 15) is 9.59 Å². The average Bonchev–Trinajstić information content (AvgIpc) is 2.67. The van der Waals surface area contributed by atoms with Gasteiger partial charge in [-0.15, -0.1) is 0 Å². The number of hydrogen-bond acceptors (Lipinski definition) is 3. The van der Waals surface area contributed by atoms with Crippen LogP contribution in [0.4, 0.5) is 0 Å². The van der Waals surface area contributed by atoms with E-state index in [2.05, 4.69) is 12.1 Å². The van der Waals surface area contributed by atoms with Crippen LogP contribution in [0.2, 0.25) is 0 Å². The number of carbonyl (C=O) groups is 2. The summed E-state index contributed by atoms with van der Waals surface area (Å²) in [5.74, 6) is 0.616. The molecule has 1 unspecified atom stereocenters. The van der Waals surface area contributed by atoms with E-state index in [0.717, 1.165) is 18.5 Å². The first-order valence-electron chi connectivity index (χ1n) is 8.48. The van der Waals surface area contributed by atoms with Gasteiger partial charge < -0.3 is 14.5 Å². The van der Waals surface area contributed by atoms with Crippen LogP contribution in [0.3, 0.4) is 0 Å². The molecule has 1 saturated heterocycles. The quantitative estimate of drug-likeness (QED) is 0.845. The maximum atomic E-state index is 12.8. The third kappa shape index (κ3) is 2.76. The van der Waals surface area contributed by atoms with Crippen molar-refractivity contribution in [2.24, 2.45) is 0 Å². The van der Waals surface area contributed by atoms with E-state index in [1.165, 1.54) is 5.56 Å². The molecular weight excluding hydrogens is 316 g/mol. The number of benzene rings is 2. The number of nitrogens with zero attached hydrogens (tertiary/aromatic N) is 2. The molecule has 0 aliphatic carbocycles. The Morgan fingerprint density at radius 1 is 1.12 bits per heavy atom. The van der Waals surface area contributed by atoms with Crippen molar-refractivity contribution in [2.75, 3.05) is 26.7 Å². The Bertz CT molecular complexity index is 816. The lowest BCUT2D eigenvalue weighted by molar-refractivity contribution is -0.139. The number of carbonyl (C=O) groups excluding carboxylic acids is 2. The molecule has 2 aromatic carbocycles. The lowest BCUT2D eigenvalue weighted by atomic mass is 9.90. The standard InChI is InChI=1S/C20H20N2O3/c1-25-16-8-6-15(7-9-16)20(24)21-12-18-17-5-3-2-4-14(17)10-11-22(18)19(23)13-21/h2-9,18H,10-13H2,1H3. The molecule has 1 atom stereocenters. The van der Waals surface area contributed by atoms with Crippen LogP contribution in [-0.2, 0) is 11.2 Å². The van der Waals surface area contributed by atoms with Gasteiger partial charge in [-0.2, -0.15) is 0 Å². The van der Waals surface area contributed by atoms with Crippen LogP contribution < -0.4 is 4.74 Å². The molecule has 5 nitrogen and oxygen atoms in total. The number of fused-ring (bicyclic) bond motifs is 3. The van der Waals surface area contributed by atoms with Crippen LogP contribution in [0, 0.1) is 0 Å². The first-order chi connectivity index (χ1) is 12.2. The number of methoxy groups -OCH3 is 1. The van der Waals surface area contributed by atoms with Gasteiger partial charge in [0.15, 0.2) is 0 Å². The highest BCUT2D eigenvalue weighted by atomic mass is 16.5. The van der Waals surface area contributed by atoms with E-state index in [0.29, 0.717) is 17.9 Å². The Kier molecular flexibility index (Phi) is 3.92. The zero-order chi connectivity index (χ0) is 17.4. The molecule has 2 amide bonds. The van der Waals surface area contributed by atoms with Gasteiger partial charge >= 0.3 is 0 Å². The Morgan fingerprint density at radius 3 is 2.64 bits per heavy atom. The van der Waals surface area contributed by atoms with Crippen molar-refractivity contribution in [3.8, 4) is 5.75 Å². The van der Waals surface area contributed by atoms with E-state index < -0.39 is 0 Å². The molecule has 0 saturated carbocycles. The van der Waals surface area contributed by atoms with E-state index in [1.807, 2.05) is 17.0 Å². The van der Waals surface area contributed by atoms with Crippen molar-refractivity contribution < 1.29 is 14.3 Å². The molecule has 0 bridgehead atoms. The average molecular weight is 336 g/mol. The number of amides is 2. The molecule has 25 heavy (non-hydrogen) atoms. The first kappa shape index (κ1) is 15.7. The largest absolute Gasteiger partial charge is 0.497 e. The van der Waals surface area contributed by atoms with Gasteiger partial charge in [0, 0.05) is 18.7 Å². The Labute approximate surface area is 146 Å². The molecule has 4 rings (SSSR count). The molecule has 2 aromatic rings. The maximum absolute atomic E-state index is 12.8. The molecule has 5 heteroatoms. The van der Waals surface area contributed by atoms with Gasteiger partial charge in [0.05, 0.1) is 13.2 Å². The van der Waals surface area contributed by atoms with Crippen molar-refractivity contribution in [3.63, 3.8) is 0 Å². The zero-order valence-electron chi connectivity index (χ0n) is 14.1. The number of piperazine rings is 1. The van der Waals surface area contributed by atoms with E-state index >= 15 is 0 Å². The van der Waals surface area contributed by atoms with Crippen LogP contribution in [0.5, 0.6) is 5.75 Å². The summed E-state index contributed by atoms with van der Waals surface area (Å²) < 4.78 is 5.14. The molecule has 0 N–H and O–H groups in total. The normalized spacial score (nSPS) is 19.2. The molecule has 1 fully saturated rings. The molecule has 2 aliphatic heterocycles. The maximum Gasteiger partial charge on any atom is 0.254 e. The van der Waals surface area contributed by atoms with Crippen LogP contribution in [0.25, 0.3) is 0 Å². The minimum atomic E-state index is -0.112. The Hall–Kier alpha value is -2.82. The predicted molar refractivity (Wildman–Crippen MR) is 93.5 cm³/mol. The summed E-state index contributed by atoms with van der Waals surface area (Å²) in [6.07, 6.45) is 0.880. The van der Waals surface area contributed by atoms with Crippen LogP contribution in [-0.4, -0.2) is 48.4 Å². The van der Waals surface area contributed by atoms with Gasteiger partial charge in [0.1, 0.15) is 12.3 Å². The lowest BCUT2D eigenvalue weighted by Crippen LogP contribution is -2.55. The van der Waals surface area contributed by atoms with Crippen molar-refractivity contribution in [3.05, 3.63) is 65.2 Å². The van der Waals surface area contributed by atoms with Crippen LogP contribution >= 0.6 is 0 Å². The monoisotopic (exact) mass is 336 g/mol. The number of rotatable bonds is 2. The van der Waals surface area contributed by atoms with E-state index in [-0.39, 0.29) is 24.4 Å². The minimum Gasteiger partial charge on any atom is -0.497 e. The summed E-state index contributed by atoms with van der Waals surface area (Å²) in [6, 6.07) is 15.2. The third-order valence-electron chi connectivity index (χ3n) is 5.08. The van der Waals surface area contributed by atoms with E-state index in [4.69, 9.17) is 4.74 Å². The van der Waals surface area contributed by atoms with Gasteiger partial charge in [0.2, 0.25) is 5.91 Å². The topological polar surface area (TPSA) is 49.9 Å². The zero-order valence-corrected chi connectivity index (χ0v) is 14.1. The third-order valence-corrected chi connectivity index (χ3v) is 5.08. The fourth-order valence-corrected chi connectivity index (χ4v) is 3.75. The molecular formula is C20H20N2O3. The fourth-order valence-electron chi connectivity index (χ4n) is 3.75. The smallest absolute Gasteiger partial charge is 0.254 e. The summed E-state index contributed by atoms with van der Waals surface area (Å²) in [4.78, 5) is 29.0. The molecule has 0 radical (unpaired) electrons. The summed E-state index contributed by atoms with van der Waals surface area (Å²) in [5, 5.41) is 0. The molecule has 0 spiro atoms. The summed E-state index contributed by atoms with van der Waals surface area (Å²) in [6.45, 7) is 1.40. The van der Waals surface area contributed by atoms with Gasteiger partial charge in [-0.25, -0.2) is 0 Å². The summed E-state index contributed by atoms with van der Waals surface area (Å²) >= 11 is 0. The van der Waals surface area contributed by atoms with E-state index in [1.54, 1.807) is 36.3 Å². The van der Waals surface area contributed by atoms with Crippen molar-refractivity contribution in [1.29, 1.82) is 0 Å². The fraction of sp³-hybridized carbons (Fsp3) is 0.300. The van der Waals surface area contributed by atoms with Crippen LogP contribution in [0.1, 0.15) is 27.5 Å². The van der Waals surface area contributed by atoms with Crippen molar-refractivity contribution in [1.82, 2.24) is 9.80 Å². The summed E-state index contributed by atoms with van der Waals surface area (Å²) in [5.41, 5.74) is 3.01. The highest BCUT2D eigenvalue weighted by molar-refractivity contribution is 5.97. The SMILES string of the molecule is COc1ccc(C(=O)N2CC(=O)N3CCc4ccccc4C3C2)cc1. The van der Waals surface area contributed by atoms with Crippen molar-refractivity contribution >= 4 is 11.8 Å². The van der Waals surface area contributed by atoms with Gasteiger partial charge in [0.25, 0.3) is 5.91 Å². The Balaban J connectivity index is 1.60. The molecule has 2 aliphatic rings. The number of ether oxygens (including phenoxy) is 1. The van der Waals surface area contributed by atoms with Gasteiger partial charge in [-0.3, -0.25) is 9.59 Å². The van der Waals surface area contributed by atoms with Crippen LogP contribution in [0.15, 0.2) is 48.5 Å². The number of hydrogen-bond donors (Lipinski definition) is 0. The summed E-state index contributed by atoms with van der Waals surface area (Å²) in [7, 11) is 1.59. The second-order valence-electron chi connectivity index (χ2n) is 6.47.